The Morgan fingerprint density at radius 2 is 2.16 bits per heavy atom. The minimum atomic E-state index is 0.258. The Hall–Kier alpha value is -1.72. The maximum Gasteiger partial charge on any atom is 0.134 e. The van der Waals surface area contributed by atoms with Crippen LogP contribution >= 0.6 is 0 Å². The summed E-state index contributed by atoms with van der Waals surface area (Å²) in [5.41, 5.74) is 0.961. The molecule has 0 radical (unpaired) electrons. The molecule has 19 heavy (non-hydrogen) atoms. The van der Waals surface area contributed by atoms with E-state index in [2.05, 4.69) is 36.2 Å². The molecule has 2 heteroatoms. The molecule has 0 aliphatic rings. The third-order valence-electron chi connectivity index (χ3n) is 3.16. The SMILES string of the molecule is CC#CCCC(NCCC)c1cc2ccccc2o1. The molecule has 1 atom stereocenters. The Morgan fingerprint density at radius 3 is 2.89 bits per heavy atom. The standard InChI is InChI=1S/C17H21NO/c1-3-5-6-10-15(18-12-4-2)17-13-14-9-7-8-11-16(14)19-17/h7-9,11,13,15,18H,4,6,10,12H2,1-2H3. The minimum Gasteiger partial charge on any atom is -0.459 e. The van der Waals surface area contributed by atoms with Crippen molar-refractivity contribution in [2.24, 2.45) is 0 Å². The van der Waals surface area contributed by atoms with Crippen LogP contribution < -0.4 is 5.32 Å². The van der Waals surface area contributed by atoms with E-state index >= 15 is 0 Å². The van der Waals surface area contributed by atoms with E-state index < -0.39 is 0 Å². The van der Waals surface area contributed by atoms with Crippen LogP contribution in [0.5, 0.6) is 0 Å². The van der Waals surface area contributed by atoms with Crippen molar-refractivity contribution in [3.8, 4) is 11.8 Å². The summed E-state index contributed by atoms with van der Waals surface area (Å²) in [6.07, 6.45) is 3.01. The molecule has 0 aliphatic carbocycles. The van der Waals surface area contributed by atoms with Gasteiger partial charge in [0, 0.05) is 11.8 Å². The fraction of sp³-hybridized carbons (Fsp3) is 0.412. The summed E-state index contributed by atoms with van der Waals surface area (Å²) >= 11 is 0. The Morgan fingerprint density at radius 1 is 1.32 bits per heavy atom. The van der Waals surface area contributed by atoms with Crippen LogP contribution in [0.15, 0.2) is 34.7 Å². The summed E-state index contributed by atoms with van der Waals surface area (Å²) < 4.78 is 5.95. The highest BCUT2D eigenvalue weighted by atomic mass is 16.3. The van der Waals surface area contributed by atoms with Crippen molar-refractivity contribution in [2.45, 2.75) is 39.2 Å². The number of rotatable bonds is 6. The lowest BCUT2D eigenvalue weighted by Crippen LogP contribution is -2.21. The van der Waals surface area contributed by atoms with Crippen molar-refractivity contribution >= 4 is 11.0 Å². The molecule has 1 N–H and O–H groups in total. The predicted octanol–water partition coefficient (Wildman–Crippen LogP) is 4.28. The molecule has 0 bridgehead atoms. The maximum atomic E-state index is 5.95. The summed E-state index contributed by atoms with van der Waals surface area (Å²) in [4.78, 5) is 0. The summed E-state index contributed by atoms with van der Waals surface area (Å²) in [6.45, 7) is 5.06. The van der Waals surface area contributed by atoms with Crippen molar-refractivity contribution in [1.82, 2.24) is 5.32 Å². The zero-order valence-corrected chi connectivity index (χ0v) is 11.7. The molecule has 2 rings (SSSR count). The molecular formula is C17H21NO. The Bertz CT molecular complexity index is 540. The Kier molecular flexibility index (Phi) is 5.06. The Labute approximate surface area is 115 Å². The second kappa shape index (κ2) is 7.01. The molecule has 2 aromatic rings. The third kappa shape index (κ3) is 3.62. The van der Waals surface area contributed by atoms with E-state index in [0.29, 0.717) is 0 Å². The highest BCUT2D eigenvalue weighted by molar-refractivity contribution is 5.77. The van der Waals surface area contributed by atoms with Crippen LogP contribution in [0, 0.1) is 11.8 Å². The molecular weight excluding hydrogens is 234 g/mol. The molecule has 0 saturated heterocycles. The highest BCUT2D eigenvalue weighted by Crippen LogP contribution is 2.26. The van der Waals surface area contributed by atoms with Gasteiger partial charge in [-0.25, -0.2) is 0 Å². The van der Waals surface area contributed by atoms with Gasteiger partial charge in [0.1, 0.15) is 11.3 Å². The largest absolute Gasteiger partial charge is 0.459 e. The number of benzene rings is 1. The first-order valence-corrected chi connectivity index (χ1v) is 6.96. The molecule has 1 aromatic heterocycles. The molecule has 0 aliphatic heterocycles. The molecule has 1 unspecified atom stereocenters. The second-order valence-corrected chi connectivity index (χ2v) is 4.66. The topological polar surface area (TPSA) is 25.2 Å². The summed E-state index contributed by atoms with van der Waals surface area (Å²) in [6, 6.07) is 10.5. The predicted molar refractivity (Wildman–Crippen MR) is 79.9 cm³/mol. The van der Waals surface area contributed by atoms with E-state index in [0.717, 1.165) is 37.2 Å². The average Bonchev–Trinajstić information content (AvgIpc) is 2.86. The average molecular weight is 255 g/mol. The van der Waals surface area contributed by atoms with Gasteiger partial charge in [-0.2, -0.15) is 0 Å². The molecule has 0 saturated carbocycles. The van der Waals surface area contributed by atoms with Crippen LogP contribution in [-0.4, -0.2) is 6.54 Å². The van der Waals surface area contributed by atoms with Gasteiger partial charge in [0.2, 0.25) is 0 Å². The zero-order valence-electron chi connectivity index (χ0n) is 11.7. The summed E-state index contributed by atoms with van der Waals surface area (Å²) in [5.74, 6) is 7.10. The van der Waals surface area contributed by atoms with Crippen LogP contribution in [0.2, 0.25) is 0 Å². The lowest BCUT2D eigenvalue weighted by atomic mass is 10.1. The number of nitrogens with one attached hydrogen (secondary N) is 1. The monoisotopic (exact) mass is 255 g/mol. The van der Waals surface area contributed by atoms with Crippen molar-refractivity contribution in [2.75, 3.05) is 6.54 Å². The van der Waals surface area contributed by atoms with E-state index in [9.17, 15) is 0 Å². The van der Waals surface area contributed by atoms with Crippen molar-refractivity contribution in [3.63, 3.8) is 0 Å². The van der Waals surface area contributed by atoms with Gasteiger partial charge in [-0.1, -0.05) is 25.1 Å². The molecule has 100 valence electrons. The molecule has 2 nitrogen and oxygen atoms in total. The summed E-state index contributed by atoms with van der Waals surface area (Å²) in [7, 11) is 0. The van der Waals surface area contributed by atoms with E-state index in [1.165, 1.54) is 5.39 Å². The van der Waals surface area contributed by atoms with Crippen LogP contribution in [0.3, 0.4) is 0 Å². The first-order chi connectivity index (χ1) is 9.35. The normalized spacial score (nSPS) is 12.1. The number of fused-ring (bicyclic) bond motifs is 1. The minimum absolute atomic E-state index is 0.258. The highest BCUT2D eigenvalue weighted by Gasteiger charge is 2.14. The molecule has 1 heterocycles. The van der Waals surface area contributed by atoms with E-state index in [1.807, 2.05) is 25.1 Å². The fourth-order valence-electron chi connectivity index (χ4n) is 2.18. The molecule has 0 amide bonds. The van der Waals surface area contributed by atoms with Crippen molar-refractivity contribution in [1.29, 1.82) is 0 Å². The van der Waals surface area contributed by atoms with Crippen LogP contribution in [0.25, 0.3) is 11.0 Å². The van der Waals surface area contributed by atoms with Crippen LogP contribution in [-0.2, 0) is 0 Å². The van der Waals surface area contributed by atoms with Crippen LogP contribution in [0.1, 0.15) is 44.9 Å². The molecule has 1 aromatic carbocycles. The van der Waals surface area contributed by atoms with Gasteiger partial charge in [-0.3, -0.25) is 0 Å². The van der Waals surface area contributed by atoms with Gasteiger partial charge in [0.15, 0.2) is 0 Å². The lowest BCUT2D eigenvalue weighted by molar-refractivity contribution is 0.414. The second-order valence-electron chi connectivity index (χ2n) is 4.66. The van der Waals surface area contributed by atoms with Gasteiger partial charge in [0.05, 0.1) is 6.04 Å². The fourth-order valence-corrected chi connectivity index (χ4v) is 2.18. The molecule has 0 fully saturated rings. The molecule has 0 spiro atoms. The van der Waals surface area contributed by atoms with Gasteiger partial charge < -0.3 is 9.73 Å². The van der Waals surface area contributed by atoms with E-state index in [4.69, 9.17) is 4.42 Å². The lowest BCUT2D eigenvalue weighted by Gasteiger charge is -2.14. The Balaban J connectivity index is 2.16. The number of para-hydroxylation sites is 1. The number of furan rings is 1. The van der Waals surface area contributed by atoms with Gasteiger partial charge in [-0.15, -0.1) is 11.8 Å². The quantitative estimate of drug-likeness (QED) is 0.779. The smallest absolute Gasteiger partial charge is 0.134 e. The van der Waals surface area contributed by atoms with Gasteiger partial charge in [0.25, 0.3) is 0 Å². The van der Waals surface area contributed by atoms with Gasteiger partial charge >= 0.3 is 0 Å². The van der Waals surface area contributed by atoms with Crippen LogP contribution in [0.4, 0.5) is 0 Å². The number of hydrogen-bond acceptors (Lipinski definition) is 2. The van der Waals surface area contributed by atoms with E-state index in [-0.39, 0.29) is 6.04 Å². The van der Waals surface area contributed by atoms with Crippen molar-refractivity contribution < 1.29 is 4.42 Å². The number of hydrogen-bond donors (Lipinski definition) is 1. The first-order valence-electron chi connectivity index (χ1n) is 6.96. The summed E-state index contributed by atoms with van der Waals surface area (Å²) in [5, 5.41) is 4.71. The maximum absolute atomic E-state index is 5.95. The van der Waals surface area contributed by atoms with Gasteiger partial charge in [-0.05, 0) is 38.4 Å². The zero-order chi connectivity index (χ0) is 13.5. The third-order valence-corrected chi connectivity index (χ3v) is 3.16. The van der Waals surface area contributed by atoms with Crippen molar-refractivity contribution in [3.05, 3.63) is 36.1 Å². The first kappa shape index (κ1) is 13.7. The van der Waals surface area contributed by atoms with E-state index in [1.54, 1.807) is 0 Å².